The van der Waals surface area contributed by atoms with Crippen LogP contribution in [0.1, 0.15) is 30.9 Å². The lowest BCUT2D eigenvalue weighted by molar-refractivity contribution is -0.125. The van der Waals surface area contributed by atoms with E-state index in [1.54, 1.807) is 0 Å². The molecule has 0 heterocycles. The summed E-state index contributed by atoms with van der Waals surface area (Å²) < 4.78 is 0. The number of primary amides is 1. The van der Waals surface area contributed by atoms with Gasteiger partial charge in [0.15, 0.2) is 0 Å². The van der Waals surface area contributed by atoms with Crippen molar-refractivity contribution in [1.82, 2.24) is 5.32 Å². The molecule has 3 N–H and O–H groups in total. The highest BCUT2D eigenvalue weighted by atomic mass is 16.1. The van der Waals surface area contributed by atoms with Crippen molar-refractivity contribution in [3.8, 4) is 0 Å². The maximum absolute atomic E-state index is 11.9. The van der Waals surface area contributed by atoms with Crippen molar-refractivity contribution in [2.24, 2.45) is 10.8 Å². The quantitative estimate of drug-likeness (QED) is 0.329. The van der Waals surface area contributed by atoms with Gasteiger partial charge in [-0.05, 0) is 37.4 Å². The normalized spacial score (nSPS) is 13.3. The molecule has 0 bridgehead atoms. The first-order chi connectivity index (χ1) is 9.56. The summed E-state index contributed by atoms with van der Waals surface area (Å²) in [6.07, 6.45) is 1.22. The molecule has 0 spiro atoms. The number of hydrogen-bond donors (Lipinski definition) is 2. The molecular formula is C14H21N5O. The van der Waals surface area contributed by atoms with Gasteiger partial charge in [0.2, 0.25) is 5.91 Å². The van der Waals surface area contributed by atoms with E-state index >= 15 is 0 Å². The van der Waals surface area contributed by atoms with Crippen LogP contribution in [0.2, 0.25) is 0 Å². The highest BCUT2D eigenvalue weighted by Gasteiger charge is 2.35. The number of carbonyl (C=O) groups is 1. The number of nitrogens with one attached hydrogen (secondary N) is 1. The summed E-state index contributed by atoms with van der Waals surface area (Å²) in [5, 5.41) is 6.69. The minimum Gasteiger partial charge on any atom is -0.368 e. The summed E-state index contributed by atoms with van der Waals surface area (Å²) in [5.74, 6) is -0.396. The van der Waals surface area contributed by atoms with E-state index in [1.807, 2.05) is 38.1 Å². The van der Waals surface area contributed by atoms with Crippen LogP contribution in [0.15, 0.2) is 29.4 Å². The maximum Gasteiger partial charge on any atom is 0.242 e. The number of hydrogen-bond acceptors (Lipinski definition) is 3. The summed E-state index contributed by atoms with van der Waals surface area (Å²) >= 11 is 0. The van der Waals surface area contributed by atoms with Gasteiger partial charge in [-0.1, -0.05) is 41.9 Å². The summed E-state index contributed by atoms with van der Waals surface area (Å²) in [7, 11) is 0. The van der Waals surface area contributed by atoms with Gasteiger partial charge in [-0.3, -0.25) is 10.1 Å². The van der Waals surface area contributed by atoms with Gasteiger partial charge in [-0.25, -0.2) is 0 Å². The van der Waals surface area contributed by atoms with Crippen molar-refractivity contribution in [3.05, 3.63) is 45.8 Å². The van der Waals surface area contributed by atoms with Crippen LogP contribution in [0.25, 0.3) is 10.4 Å². The number of aryl methyl sites for hydroxylation is 1. The van der Waals surface area contributed by atoms with Crippen LogP contribution in [0.4, 0.5) is 0 Å². The van der Waals surface area contributed by atoms with E-state index in [1.165, 1.54) is 0 Å². The third-order valence-corrected chi connectivity index (χ3v) is 3.42. The average molecular weight is 275 g/mol. The van der Waals surface area contributed by atoms with Crippen molar-refractivity contribution in [1.29, 1.82) is 0 Å². The Morgan fingerprint density at radius 3 is 2.60 bits per heavy atom. The highest BCUT2D eigenvalue weighted by Crippen LogP contribution is 2.25. The number of nitrogens with zero attached hydrogens (tertiary/aromatic N) is 3. The lowest BCUT2D eigenvalue weighted by Gasteiger charge is -2.31. The highest BCUT2D eigenvalue weighted by molar-refractivity contribution is 5.86. The number of benzene rings is 1. The topological polar surface area (TPSA) is 104 Å². The lowest BCUT2D eigenvalue weighted by atomic mass is 9.86. The van der Waals surface area contributed by atoms with E-state index in [2.05, 4.69) is 15.3 Å². The Bertz CT molecular complexity index is 493. The molecule has 1 amide bonds. The second-order valence-electron chi connectivity index (χ2n) is 4.72. The first kappa shape index (κ1) is 16.0. The Kier molecular flexibility index (Phi) is 6.03. The number of rotatable bonds is 8. The molecule has 6 nitrogen and oxygen atoms in total. The largest absolute Gasteiger partial charge is 0.368 e. The van der Waals surface area contributed by atoms with Crippen LogP contribution < -0.4 is 11.1 Å². The smallest absolute Gasteiger partial charge is 0.242 e. The van der Waals surface area contributed by atoms with E-state index in [9.17, 15) is 4.79 Å². The van der Waals surface area contributed by atoms with E-state index in [-0.39, 0.29) is 0 Å². The van der Waals surface area contributed by atoms with Gasteiger partial charge in [-0.2, -0.15) is 0 Å². The third-order valence-electron chi connectivity index (χ3n) is 3.42. The van der Waals surface area contributed by atoms with Crippen LogP contribution in [-0.4, -0.2) is 19.0 Å². The summed E-state index contributed by atoms with van der Waals surface area (Å²) in [4.78, 5) is 14.6. The molecule has 1 atom stereocenters. The van der Waals surface area contributed by atoms with E-state index in [4.69, 9.17) is 11.3 Å². The SMILES string of the molecule is CCC(NCCCN=[N+]=[N-])(C(N)=O)c1ccc(C)cc1. The van der Waals surface area contributed by atoms with Gasteiger partial charge in [0.25, 0.3) is 0 Å². The molecule has 0 saturated heterocycles. The van der Waals surface area contributed by atoms with Crippen molar-refractivity contribution in [2.75, 3.05) is 13.1 Å². The Labute approximate surface area is 119 Å². The third kappa shape index (κ3) is 3.73. The zero-order chi connectivity index (χ0) is 15.0. The van der Waals surface area contributed by atoms with Gasteiger partial charge < -0.3 is 5.73 Å². The molecule has 20 heavy (non-hydrogen) atoms. The predicted octanol–water partition coefficient (Wildman–Crippen LogP) is 2.38. The zero-order valence-electron chi connectivity index (χ0n) is 12.0. The molecule has 0 radical (unpaired) electrons. The second kappa shape index (κ2) is 7.53. The average Bonchev–Trinajstić information content (AvgIpc) is 2.44. The first-order valence-corrected chi connectivity index (χ1v) is 6.69. The second-order valence-corrected chi connectivity index (χ2v) is 4.72. The van der Waals surface area contributed by atoms with Crippen LogP contribution in [-0.2, 0) is 10.3 Å². The fourth-order valence-electron chi connectivity index (χ4n) is 2.17. The molecule has 0 aliphatic carbocycles. The molecule has 0 aliphatic heterocycles. The Hall–Kier alpha value is -2.04. The van der Waals surface area contributed by atoms with Gasteiger partial charge in [-0.15, -0.1) is 0 Å². The van der Waals surface area contributed by atoms with E-state index in [0.717, 1.165) is 11.1 Å². The Morgan fingerprint density at radius 1 is 1.45 bits per heavy atom. The summed E-state index contributed by atoms with van der Waals surface area (Å²) in [6, 6.07) is 7.77. The van der Waals surface area contributed by atoms with Crippen LogP contribution in [0, 0.1) is 6.92 Å². The lowest BCUT2D eigenvalue weighted by Crippen LogP contribution is -2.52. The van der Waals surface area contributed by atoms with Crippen molar-refractivity contribution >= 4 is 5.91 Å². The van der Waals surface area contributed by atoms with Gasteiger partial charge >= 0.3 is 0 Å². The number of amides is 1. The Balaban J connectivity index is 2.88. The molecule has 6 heteroatoms. The molecule has 0 aliphatic rings. The minimum absolute atomic E-state index is 0.396. The fourth-order valence-corrected chi connectivity index (χ4v) is 2.17. The molecule has 1 aromatic rings. The van der Waals surface area contributed by atoms with Crippen LogP contribution in [0.5, 0.6) is 0 Å². The zero-order valence-corrected chi connectivity index (χ0v) is 12.0. The number of carbonyl (C=O) groups excluding carboxylic acids is 1. The van der Waals surface area contributed by atoms with Crippen LogP contribution in [0.3, 0.4) is 0 Å². The monoisotopic (exact) mass is 275 g/mol. The summed E-state index contributed by atoms with van der Waals surface area (Å²) in [6.45, 7) is 4.87. The molecule has 1 aromatic carbocycles. The van der Waals surface area contributed by atoms with Gasteiger partial charge in [0.05, 0.1) is 0 Å². The maximum atomic E-state index is 11.9. The fraction of sp³-hybridized carbons (Fsp3) is 0.500. The number of nitrogens with two attached hydrogens (primary N) is 1. The molecule has 0 fully saturated rings. The van der Waals surface area contributed by atoms with Crippen molar-refractivity contribution < 1.29 is 4.79 Å². The molecule has 108 valence electrons. The minimum atomic E-state index is -0.871. The molecule has 0 aromatic heterocycles. The Morgan fingerprint density at radius 2 is 2.10 bits per heavy atom. The van der Waals surface area contributed by atoms with Gasteiger partial charge in [0, 0.05) is 11.5 Å². The first-order valence-electron chi connectivity index (χ1n) is 6.69. The molecular weight excluding hydrogens is 254 g/mol. The van der Waals surface area contributed by atoms with Crippen LogP contribution >= 0.6 is 0 Å². The predicted molar refractivity (Wildman–Crippen MR) is 79.0 cm³/mol. The molecule has 1 rings (SSSR count). The number of azide groups is 1. The van der Waals surface area contributed by atoms with E-state index in [0.29, 0.717) is 25.9 Å². The van der Waals surface area contributed by atoms with E-state index < -0.39 is 11.4 Å². The molecule has 1 unspecified atom stereocenters. The van der Waals surface area contributed by atoms with Gasteiger partial charge in [0.1, 0.15) is 5.54 Å². The molecule has 0 saturated carbocycles. The summed E-state index contributed by atoms with van der Waals surface area (Å²) in [5.41, 5.74) is 15.0. The standard InChI is InChI=1S/C14H21N5O/c1-3-14(13(15)20,17-9-4-10-18-19-16)12-7-5-11(2)6-8-12/h5-8,17H,3-4,9-10H2,1-2H3,(H2,15,20). The van der Waals surface area contributed by atoms with Crippen molar-refractivity contribution in [3.63, 3.8) is 0 Å². The van der Waals surface area contributed by atoms with Crippen molar-refractivity contribution in [2.45, 2.75) is 32.2 Å².